The molecule has 1 aliphatic rings. The molecule has 4 nitrogen and oxygen atoms in total. The Kier molecular flexibility index (Phi) is 3.52. The molecule has 0 fully saturated rings. The molecule has 0 unspecified atom stereocenters. The molecule has 1 aromatic carbocycles. The number of para-hydroxylation sites is 1. The van der Waals surface area contributed by atoms with Crippen molar-refractivity contribution in [1.29, 1.82) is 0 Å². The van der Waals surface area contributed by atoms with Gasteiger partial charge in [-0.1, -0.05) is 18.2 Å². The normalized spacial score (nSPS) is 14.4. The zero-order valence-electron chi connectivity index (χ0n) is 10.8. The minimum atomic E-state index is -0.145. The van der Waals surface area contributed by atoms with Crippen LogP contribution in [0.1, 0.15) is 11.1 Å². The van der Waals surface area contributed by atoms with E-state index in [2.05, 4.69) is 5.32 Å². The van der Waals surface area contributed by atoms with Gasteiger partial charge < -0.3 is 10.2 Å². The van der Waals surface area contributed by atoms with Crippen molar-refractivity contribution in [3.63, 3.8) is 0 Å². The Hall–Kier alpha value is -2.14. The lowest BCUT2D eigenvalue weighted by molar-refractivity contribution is -0.134. The summed E-state index contributed by atoms with van der Waals surface area (Å²) in [4.78, 5) is 25.8. The number of carbonyl (C=O) groups excluding carboxylic acids is 2. The van der Waals surface area contributed by atoms with Gasteiger partial charge in [0.15, 0.2) is 0 Å². The maximum atomic E-state index is 12.3. The third-order valence-electron chi connectivity index (χ3n) is 3.28. The number of fused-ring (bicyclic) bond motifs is 1. The summed E-state index contributed by atoms with van der Waals surface area (Å²) in [5.74, 6) is -0.163. The average molecular weight is 286 g/mol. The zero-order chi connectivity index (χ0) is 13.9. The monoisotopic (exact) mass is 286 g/mol. The Bertz CT molecular complexity index is 637. The van der Waals surface area contributed by atoms with Gasteiger partial charge in [-0.3, -0.25) is 9.59 Å². The highest BCUT2D eigenvalue weighted by molar-refractivity contribution is 7.08. The summed E-state index contributed by atoms with van der Waals surface area (Å²) >= 11 is 1.57. The lowest BCUT2D eigenvalue weighted by Crippen LogP contribution is -2.36. The maximum Gasteiger partial charge on any atom is 0.244 e. The number of nitrogens with zero attached hydrogens (tertiary/aromatic N) is 1. The SMILES string of the molecule is O=C1CN(C(=O)Cc2ccsc2)Cc2ccccc2N1. The van der Waals surface area contributed by atoms with Gasteiger partial charge in [-0.25, -0.2) is 0 Å². The molecular formula is C15H14N2O2S. The number of carbonyl (C=O) groups is 2. The van der Waals surface area contributed by atoms with Crippen molar-refractivity contribution >= 4 is 28.8 Å². The van der Waals surface area contributed by atoms with E-state index in [1.54, 1.807) is 16.2 Å². The van der Waals surface area contributed by atoms with E-state index < -0.39 is 0 Å². The molecule has 102 valence electrons. The van der Waals surface area contributed by atoms with Crippen molar-refractivity contribution in [3.8, 4) is 0 Å². The number of rotatable bonds is 2. The molecule has 1 N–H and O–H groups in total. The molecule has 0 radical (unpaired) electrons. The standard InChI is InChI=1S/C15H14N2O2S/c18-14-9-17(15(19)7-11-5-6-20-10-11)8-12-3-1-2-4-13(12)16-14/h1-6,10H,7-9H2,(H,16,18). The van der Waals surface area contributed by atoms with Gasteiger partial charge >= 0.3 is 0 Å². The van der Waals surface area contributed by atoms with Gasteiger partial charge in [-0.2, -0.15) is 11.3 Å². The molecule has 0 aliphatic carbocycles. The van der Waals surface area contributed by atoms with Crippen LogP contribution in [-0.2, 0) is 22.6 Å². The van der Waals surface area contributed by atoms with E-state index in [4.69, 9.17) is 0 Å². The number of benzene rings is 1. The van der Waals surface area contributed by atoms with Crippen molar-refractivity contribution < 1.29 is 9.59 Å². The van der Waals surface area contributed by atoms with Gasteiger partial charge in [-0.15, -0.1) is 0 Å². The first-order valence-electron chi connectivity index (χ1n) is 6.39. The van der Waals surface area contributed by atoms with Crippen LogP contribution in [0.5, 0.6) is 0 Å². The third kappa shape index (κ3) is 2.72. The number of anilines is 1. The molecule has 0 bridgehead atoms. The first kappa shape index (κ1) is 12.9. The molecule has 0 spiro atoms. The molecular weight excluding hydrogens is 272 g/mol. The van der Waals surface area contributed by atoms with Gasteiger partial charge in [0.1, 0.15) is 6.54 Å². The molecule has 0 saturated heterocycles. The average Bonchev–Trinajstić information content (AvgIpc) is 2.86. The van der Waals surface area contributed by atoms with Crippen molar-refractivity contribution in [3.05, 3.63) is 52.2 Å². The van der Waals surface area contributed by atoms with E-state index in [1.165, 1.54) is 0 Å². The maximum absolute atomic E-state index is 12.3. The fraction of sp³-hybridized carbons (Fsp3) is 0.200. The predicted octanol–water partition coefficient (Wildman–Crippen LogP) is 2.27. The summed E-state index contributed by atoms with van der Waals surface area (Å²) in [5, 5.41) is 6.75. The van der Waals surface area contributed by atoms with Crippen LogP contribution in [-0.4, -0.2) is 23.3 Å². The number of hydrogen-bond donors (Lipinski definition) is 1. The van der Waals surface area contributed by atoms with Crippen molar-refractivity contribution in [2.24, 2.45) is 0 Å². The molecule has 0 saturated carbocycles. The minimum absolute atomic E-state index is 0.0183. The summed E-state index contributed by atoms with van der Waals surface area (Å²) in [7, 11) is 0. The first-order chi connectivity index (χ1) is 9.72. The Morgan fingerprint density at radius 1 is 1.25 bits per heavy atom. The summed E-state index contributed by atoms with van der Waals surface area (Å²) in [6.45, 7) is 0.579. The van der Waals surface area contributed by atoms with Crippen molar-refractivity contribution in [2.45, 2.75) is 13.0 Å². The lowest BCUT2D eigenvalue weighted by atomic mass is 10.1. The van der Waals surface area contributed by atoms with Crippen LogP contribution in [0, 0.1) is 0 Å². The van der Waals surface area contributed by atoms with E-state index in [0.29, 0.717) is 13.0 Å². The molecule has 2 aromatic rings. The zero-order valence-corrected chi connectivity index (χ0v) is 11.7. The summed E-state index contributed by atoms with van der Waals surface area (Å²) < 4.78 is 0. The van der Waals surface area contributed by atoms with Crippen molar-refractivity contribution in [2.75, 3.05) is 11.9 Å². The van der Waals surface area contributed by atoms with Gasteiger partial charge in [-0.05, 0) is 34.0 Å². The van der Waals surface area contributed by atoms with Gasteiger partial charge in [0.05, 0.1) is 6.42 Å². The van der Waals surface area contributed by atoms with E-state index in [-0.39, 0.29) is 18.4 Å². The van der Waals surface area contributed by atoms with E-state index in [0.717, 1.165) is 16.8 Å². The fourth-order valence-corrected chi connectivity index (χ4v) is 2.93. The highest BCUT2D eigenvalue weighted by atomic mass is 32.1. The molecule has 1 aromatic heterocycles. The highest BCUT2D eigenvalue weighted by Crippen LogP contribution is 2.21. The Balaban J connectivity index is 1.80. The van der Waals surface area contributed by atoms with Crippen LogP contribution in [0.4, 0.5) is 5.69 Å². The second-order valence-electron chi connectivity index (χ2n) is 4.76. The third-order valence-corrected chi connectivity index (χ3v) is 4.01. The van der Waals surface area contributed by atoms with E-state index in [1.807, 2.05) is 41.1 Å². The molecule has 0 atom stereocenters. The number of hydrogen-bond acceptors (Lipinski definition) is 3. The van der Waals surface area contributed by atoms with Crippen molar-refractivity contribution in [1.82, 2.24) is 4.90 Å². The Morgan fingerprint density at radius 2 is 2.10 bits per heavy atom. The molecule has 3 rings (SSSR count). The molecule has 2 amide bonds. The fourth-order valence-electron chi connectivity index (χ4n) is 2.26. The largest absolute Gasteiger partial charge is 0.329 e. The van der Waals surface area contributed by atoms with Crippen LogP contribution >= 0.6 is 11.3 Å². The van der Waals surface area contributed by atoms with Crippen LogP contribution in [0.2, 0.25) is 0 Å². The second-order valence-corrected chi connectivity index (χ2v) is 5.54. The molecule has 1 aliphatic heterocycles. The quantitative estimate of drug-likeness (QED) is 0.920. The predicted molar refractivity (Wildman–Crippen MR) is 78.5 cm³/mol. The molecule has 20 heavy (non-hydrogen) atoms. The summed E-state index contributed by atoms with van der Waals surface area (Å²) in [6.07, 6.45) is 0.346. The van der Waals surface area contributed by atoms with Gasteiger partial charge in [0, 0.05) is 12.2 Å². The van der Waals surface area contributed by atoms with Crippen LogP contribution < -0.4 is 5.32 Å². The Labute approximate surface area is 121 Å². The minimum Gasteiger partial charge on any atom is -0.329 e. The van der Waals surface area contributed by atoms with Crippen LogP contribution in [0.15, 0.2) is 41.1 Å². The van der Waals surface area contributed by atoms with E-state index in [9.17, 15) is 9.59 Å². The molecule has 2 heterocycles. The topological polar surface area (TPSA) is 49.4 Å². The number of amides is 2. The smallest absolute Gasteiger partial charge is 0.244 e. The molecule has 5 heteroatoms. The second kappa shape index (κ2) is 5.46. The van der Waals surface area contributed by atoms with E-state index >= 15 is 0 Å². The van der Waals surface area contributed by atoms with Gasteiger partial charge in [0.2, 0.25) is 11.8 Å². The number of thiophene rings is 1. The lowest BCUT2D eigenvalue weighted by Gasteiger charge is -2.19. The first-order valence-corrected chi connectivity index (χ1v) is 7.33. The highest BCUT2D eigenvalue weighted by Gasteiger charge is 2.22. The van der Waals surface area contributed by atoms with Crippen LogP contribution in [0.3, 0.4) is 0 Å². The Morgan fingerprint density at radius 3 is 2.90 bits per heavy atom. The summed E-state index contributed by atoms with van der Waals surface area (Å²) in [5.41, 5.74) is 2.76. The number of nitrogens with one attached hydrogen (secondary N) is 1. The van der Waals surface area contributed by atoms with Crippen LogP contribution in [0.25, 0.3) is 0 Å². The summed E-state index contributed by atoms with van der Waals surface area (Å²) in [6, 6.07) is 9.53. The van der Waals surface area contributed by atoms with Gasteiger partial charge in [0.25, 0.3) is 0 Å².